The van der Waals surface area contributed by atoms with Crippen LogP contribution < -0.4 is 21.9 Å². The number of aromatic nitrogens is 3. The van der Waals surface area contributed by atoms with Crippen LogP contribution in [0.25, 0.3) is 10.9 Å². The summed E-state index contributed by atoms with van der Waals surface area (Å²) in [7, 11) is 0. The maximum absolute atomic E-state index is 13.3. The van der Waals surface area contributed by atoms with Crippen LogP contribution in [0.5, 0.6) is 0 Å². The number of carbonyl (C=O) groups excluding carboxylic acids is 1. The number of rotatable bonds is 7. The molecule has 8 nitrogen and oxygen atoms in total. The molecule has 0 bridgehead atoms. The lowest BCUT2D eigenvalue weighted by molar-refractivity contribution is -0.121. The van der Waals surface area contributed by atoms with Gasteiger partial charge in [0.1, 0.15) is 12.0 Å². The Hall–Kier alpha value is -4.98. The smallest absolute Gasteiger partial charge is 0.250 e. The fraction of sp³-hybridized carbons (Fsp3) is 0.0370. The quantitative estimate of drug-likeness (QED) is 0.261. The Morgan fingerprint density at radius 3 is 2.14 bits per heavy atom. The highest BCUT2D eigenvalue weighted by molar-refractivity contribution is 5.94. The molecule has 0 spiro atoms. The zero-order chi connectivity index (χ0) is 24.0. The van der Waals surface area contributed by atoms with E-state index < -0.39 is 5.92 Å². The summed E-state index contributed by atoms with van der Waals surface area (Å²) in [4.78, 5) is 26.1. The van der Waals surface area contributed by atoms with Crippen molar-refractivity contribution in [2.75, 3.05) is 16.5 Å². The summed E-state index contributed by atoms with van der Waals surface area (Å²) in [5, 5.41) is 4.18. The number of nitrogens with zero attached hydrogens (tertiary/aromatic N) is 3. The highest BCUT2D eigenvalue weighted by Crippen LogP contribution is 2.30. The number of anilines is 4. The summed E-state index contributed by atoms with van der Waals surface area (Å²) >= 11 is 0. The first-order valence-corrected chi connectivity index (χ1v) is 11.1. The van der Waals surface area contributed by atoms with Crippen molar-refractivity contribution in [3.05, 3.63) is 115 Å². The van der Waals surface area contributed by atoms with Crippen LogP contribution in [0.1, 0.15) is 17.0 Å². The van der Waals surface area contributed by atoms with E-state index in [-0.39, 0.29) is 17.4 Å². The lowest BCUT2D eigenvalue weighted by Crippen LogP contribution is -2.35. The molecule has 5 N–H and O–H groups in total. The number of hydrogen-bond acceptors (Lipinski definition) is 7. The first-order valence-electron chi connectivity index (χ1n) is 11.1. The first kappa shape index (κ1) is 21.8. The van der Waals surface area contributed by atoms with E-state index in [2.05, 4.69) is 31.1 Å². The molecule has 0 saturated heterocycles. The van der Waals surface area contributed by atoms with Gasteiger partial charge < -0.3 is 11.1 Å². The van der Waals surface area contributed by atoms with Gasteiger partial charge in [-0.25, -0.2) is 9.97 Å². The molecule has 2 heterocycles. The van der Waals surface area contributed by atoms with Crippen molar-refractivity contribution in [3.63, 3.8) is 0 Å². The molecule has 0 aliphatic heterocycles. The lowest BCUT2D eigenvalue weighted by Gasteiger charge is -2.19. The Kier molecular flexibility index (Phi) is 6.17. The Morgan fingerprint density at radius 2 is 1.43 bits per heavy atom. The highest BCUT2D eigenvalue weighted by atomic mass is 16.2. The number of hydrogen-bond donors (Lipinski definition) is 4. The van der Waals surface area contributed by atoms with Crippen molar-refractivity contribution in [1.29, 1.82) is 0 Å². The van der Waals surface area contributed by atoms with Crippen LogP contribution in [0, 0.1) is 0 Å². The number of amides is 1. The second-order valence-corrected chi connectivity index (χ2v) is 7.85. The summed E-state index contributed by atoms with van der Waals surface area (Å²) in [5.41, 5.74) is 15.7. The molecule has 35 heavy (non-hydrogen) atoms. The maximum Gasteiger partial charge on any atom is 0.250 e. The van der Waals surface area contributed by atoms with Gasteiger partial charge in [0.05, 0.1) is 11.4 Å². The van der Waals surface area contributed by atoms with Crippen molar-refractivity contribution in [1.82, 2.24) is 20.4 Å². The summed E-state index contributed by atoms with van der Waals surface area (Å²) in [6, 6.07) is 28.8. The average molecular weight is 462 g/mol. The molecule has 3 aromatic carbocycles. The van der Waals surface area contributed by atoms with Crippen molar-refractivity contribution in [2.24, 2.45) is 0 Å². The van der Waals surface area contributed by atoms with E-state index in [0.717, 1.165) is 27.7 Å². The van der Waals surface area contributed by atoms with Crippen LogP contribution in [0.4, 0.5) is 23.0 Å². The monoisotopic (exact) mass is 461 g/mol. The Bertz CT molecular complexity index is 1410. The number of nitrogen functional groups attached to an aromatic ring is 1. The van der Waals surface area contributed by atoms with Crippen LogP contribution >= 0.6 is 0 Å². The largest absolute Gasteiger partial charge is 0.393 e. The first-order chi connectivity index (χ1) is 17.2. The van der Waals surface area contributed by atoms with Crippen LogP contribution in [-0.2, 0) is 4.79 Å². The normalized spacial score (nSPS) is 10.8. The minimum Gasteiger partial charge on any atom is -0.393 e. The van der Waals surface area contributed by atoms with Crippen molar-refractivity contribution in [2.45, 2.75) is 5.92 Å². The fourth-order valence-corrected chi connectivity index (χ4v) is 3.91. The molecule has 5 rings (SSSR count). The van der Waals surface area contributed by atoms with Gasteiger partial charge in [-0.15, -0.1) is 0 Å². The molecule has 1 amide bonds. The Labute approximate surface area is 202 Å². The van der Waals surface area contributed by atoms with Gasteiger partial charge in [0.2, 0.25) is 5.91 Å². The van der Waals surface area contributed by atoms with Gasteiger partial charge in [-0.05, 0) is 35.4 Å². The second-order valence-electron chi connectivity index (χ2n) is 7.85. The predicted molar refractivity (Wildman–Crippen MR) is 138 cm³/mol. The number of nitrogens with one attached hydrogen (secondary N) is 3. The van der Waals surface area contributed by atoms with E-state index in [0.29, 0.717) is 5.82 Å². The van der Waals surface area contributed by atoms with Gasteiger partial charge in [0, 0.05) is 17.3 Å². The third-order valence-corrected chi connectivity index (χ3v) is 5.61. The van der Waals surface area contributed by atoms with E-state index in [1.54, 1.807) is 6.20 Å². The topological polar surface area (TPSA) is 118 Å². The third-order valence-electron chi connectivity index (χ3n) is 5.61. The van der Waals surface area contributed by atoms with E-state index in [9.17, 15) is 4.79 Å². The molecule has 0 saturated carbocycles. The van der Waals surface area contributed by atoms with Crippen LogP contribution in [0.2, 0.25) is 0 Å². The van der Waals surface area contributed by atoms with E-state index >= 15 is 0 Å². The molecule has 0 radical (unpaired) electrons. The summed E-state index contributed by atoms with van der Waals surface area (Å²) < 4.78 is 0. The molecule has 0 fully saturated rings. The van der Waals surface area contributed by atoms with E-state index in [4.69, 9.17) is 5.73 Å². The van der Waals surface area contributed by atoms with Gasteiger partial charge in [-0.1, -0.05) is 66.7 Å². The average Bonchev–Trinajstić information content (AvgIpc) is 2.91. The molecule has 0 aliphatic carbocycles. The summed E-state index contributed by atoms with van der Waals surface area (Å²) in [5.74, 6) is -0.0476. The van der Waals surface area contributed by atoms with Crippen LogP contribution in [0.3, 0.4) is 0 Å². The standard InChI is InChI=1S/C27H23N7O/c28-24-25(32-22-15-7-14-21-20(22)13-8-16-29-21)30-17-31-26(24)33-34-27(35)23(18-9-3-1-4-10-18)19-11-5-2-6-12-19/h1-17,23H,28H2,(H,34,35)(H2,30,31,32,33). The van der Waals surface area contributed by atoms with Gasteiger partial charge >= 0.3 is 0 Å². The van der Waals surface area contributed by atoms with Crippen molar-refractivity contribution < 1.29 is 4.79 Å². The number of pyridine rings is 1. The van der Waals surface area contributed by atoms with Gasteiger partial charge in [0.25, 0.3) is 0 Å². The number of carbonyl (C=O) groups is 1. The number of nitrogens with two attached hydrogens (primary N) is 1. The van der Waals surface area contributed by atoms with Gasteiger partial charge in [-0.2, -0.15) is 0 Å². The van der Waals surface area contributed by atoms with Gasteiger partial charge in [0.15, 0.2) is 11.6 Å². The molecule has 0 unspecified atom stereocenters. The van der Waals surface area contributed by atoms with Crippen molar-refractivity contribution >= 4 is 39.8 Å². The third kappa shape index (κ3) is 4.72. The molecule has 5 aromatic rings. The molecular weight excluding hydrogens is 438 g/mol. The van der Waals surface area contributed by atoms with Crippen LogP contribution in [0.15, 0.2) is 104 Å². The minimum atomic E-state index is -0.506. The highest BCUT2D eigenvalue weighted by Gasteiger charge is 2.23. The summed E-state index contributed by atoms with van der Waals surface area (Å²) in [6.07, 6.45) is 3.12. The molecule has 0 atom stereocenters. The zero-order valence-electron chi connectivity index (χ0n) is 18.7. The van der Waals surface area contributed by atoms with Crippen molar-refractivity contribution in [3.8, 4) is 0 Å². The fourth-order valence-electron chi connectivity index (χ4n) is 3.91. The predicted octanol–water partition coefficient (Wildman–Crippen LogP) is 4.63. The van der Waals surface area contributed by atoms with E-state index in [1.165, 1.54) is 6.33 Å². The number of hydrazine groups is 1. The maximum atomic E-state index is 13.3. The number of fused-ring (bicyclic) bond motifs is 1. The van der Waals surface area contributed by atoms with Gasteiger partial charge in [-0.3, -0.25) is 20.6 Å². The Morgan fingerprint density at radius 1 is 0.743 bits per heavy atom. The van der Waals surface area contributed by atoms with E-state index in [1.807, 2.05) is 91.0 Å². The zero-order valence-corrected chi connectivity index (χ0v) is 18.7. The molecular formula is C27H23N7O. The van der Waals surface area contributed by atoms with Crippen LogP contribution in [-0.4, -0.2) is 20.9 Å². The SMILES string of the molecule is Nc1c(NNC(=O)C(c2ccccc2)c2ccccc2)ncnc1Nc1cccc2ncccc12. The molecule has 8 heteroatoms. The second kappa shape index (κ2) is 9.88. The molecule has 172 valence electrons. The Balaban J connectivity index is 1.37. The molecule has 0 aliphatic rings. The summed E-state index contributed by atoms with van der Waals surface area (Å²) in [6.45, 7) is 0. The lowest BCUT2D eigenvalue weighted by atomic mass is 9.91. The number of benzene rings is 3. The minimum absolute atomic E-state index is 0.241. The molecule has 2 aromatic heterocycles.